The van der Waals surface area contributed by atoms with Crippen molar-refractivity contribution in [1.82, 2.24) is 19.8 Å². The fraction of sp³-hybridized carbons (Fsp3) is 0.522. The molecule has 2 aliphatic heterocycles. The molecule has 1 aromatic heterocycles. The maximum Gasteiger partial charge on any atom is 0.260 e. The number of aryl methyl sites for hydroxylation is 2. The molecule has 0 aliphatic carbocycles. The quantitative estimate of drug-likeness (QED) is 0.722. The highest BCUT2D eigenvalue weighted by Crippen LogP contribution is 2.20. The fourth-order valence-corrected chi connectivity index (χ4v) is 3.97. The summed E-state index contributed by atoms with van der Waals surface area (Å²) in [6.45, 7) is 10.9. The first kappa shape index (κ1) is 21.4. The van der Waals surface area contributed by atoms with Gasteiger partial charge in [0.25, 0.3) is 5.91 Å². The zero-order valence-corrected chi connectivity index (χ0v) is 18.8. The van der Waals surface area contributed by atoms with Crippen LogP contribution in [-0.4, -0.2) is 91.7 Å². The SMILES string of the molecule is Cc1cccc(OCC(=O)N2CCN(c3nc(C)cc(N4CCN(C)CC4)n3)CC2)c1. The molecule has 8 heteroatoms. The number of anilines is 2. The highest BCUT2D eigenvalue weighted by atomic mass is 16.5. The van der Waals surface area contributed by atoms with Crippen LogP contribution in [0.2, 0.25) is 0 Å². The van der Waals surface area contributed by atoms with Gasteiger partial charge in [-0.25, -0.2) is 4.98 Å². The van der Waals surface area contributed by atoms with Crippen molar-refractivity contribution in [2.75, 3.05) is 75.8 Å². The summed E-state index contributed by atoms with van der Waals surface area (Å²) < 4.78 is 5.68. The molecule has 0 unspecified atom stereocenters. The fourth-order valence-electron chi connectivity index (χ4n) is 3.97. The Morgan fingerprint density at radius 1 is 0.935 bits per heavy atom. The molecule has 0 radical (unpaired) electrons. The van der Waals surface area contributed by atoms with Crippen LogP contribution in [0, 0.1) is 13.8 Å². The third kappa shape index (κ3) is 5.44. The van der Waals surface area contributed by atoms with E-state index in [9.17, 15) is 4.79 Å². The summed E-state index contributed by atoms with van der Waals surface area (Å²) in [6, 6.07) is 9.84. The largest absolute Gasteiger partial charge is 0.484 e. The van der Waals surface area contributed by atoms with Crippen molar-refractivity contribution >= 4 is 17.7 Å². The zero-order chi connectivity index (χ0) is 21.8. The number of piperazine rings is 2. The van der Waals surface area contributed by atoms with E-state index < -0.39 is 0 Å². The van der Waals surface area contributed by atoms with Crippen molar-refractivity contribution in [3.05, 3.63) is 41.6 Å². The molecule has 1 aromatic carbocycles. The second-order valence-corrected chi connectivity index (χ2v) is 8.43. The monoisotopic (exact) mass is 424 g/mol. The van der Waals surface area contributed by atoms with Crippen LogP contribution in [0.1, 0.15) is 11.3 Å². The van der Waals surface area contributed by atoms with Crippen LogP contribution in [0.5, 0.6) is 5.75 Å². The first-order valence-corrected chi connectivity index (χ1v) is 11.0. The summed E-state index contributed by atoms with van der Waals surface area (Å²) in [6.07, 6.45) is 0. The second-order valence-electron chi connectivity index (χ2n) is 8.43. The Bertz CT molecular complexity index is 905. The van der Waals surface area contributed by atoms with Gasteiger partial charge in [0.15, 0.2) is 6.61 Å². The van der Waals surface area contributed by atoms with Crippen LogP contribution < -0.4 is 14.5 Å². The van der Waals surface area contributed by atoms with Gasteiger partial charge in [-0.2, -0.15) is 4.98 Å². The van der Waals surface area contributed by atoms with E-state index >= 15 is 0 Å². The number of amides is 1. The first-order chi connectivity index (χ1) is 15.0. The normalized spacial score (nSPS) is 17.7. The lowest BCUT2D eigenvalue weighted by Crippen LogP contribution is -2.50. The van der Waals surface area contributed by atoms with Crippen LogP contribution >= 0.6 is 0 Å². The van der Waals surface area contributed by atoms with E-state index in [1.165, 1.54) is 0 Å². The number of hydrogen-bond donors (Lipinski definition) is 0. The van der Waals surface area contributed by atoms with Crippen molar-refractivity contribution in [2.24, 2.45) is 0 Å². The van der Waals surface area contributed by atoms with Gasteiger partial charge < -0.3 is 24.3 Å². The number of nitrogens with zero attached hydrogens (tertiary/aromatic N) is 6. The first-order valence-electron chi connectivity index (χ1n) is 11.0. The Morgan fingerprint density at radius 3 is 2.35 bits per heavy atom. The van der Waals surface area contributed by atoms with Gasteiger partial charge in [-0.1, -0.05) is 12.1 Å². The van der Waals surface area contributed by atoms with Crippen LogP contribution in [0.4, 0.5) is 11.8 Å². The highest BCUT2D eigenvalue weighted by molar-refractivity contribution is 5.78. The van der Waals surface area contributed by atoms with Gasteiger partial charge in [0.05, 0.1) is 0 Å². The zero-order valence-electron chi connectivity index (χ0n) is 18.8. The molecule has 0 N–H and O–H groups in total. The predicted molar refractivity (Wildman–Crippen MR) is 122 cm³/mol. The van der Waals surface area contributed by atoms with E-state index in [1.54, 1.807) is 0 Å². The number of benzene rings is 1. The lowest BCUT2D eigenvalue weighted by molar-refractivity contribution is -0.133. The standard InChI is InChI=1S/C23H32N6O2/c1-18-5-4-6-20(15-18)31-17-22(30)28-11-13-29(14-12-28)23-24-19(2)16-21(25-23)27-9-7-26(3)8-10-27/h4-6,15-16H,7-14,17H2,1-3H3. The number of rotatable bonds is 5. The molecule has 2 aliphatic rings. The van der Waals surface area contributed by atoms with Gasteiger partial charge in [-0.3, -0.25) is 4.79 Å². The molecule has 2 saturated heterocycles. The molecule has 0 atom stereocenters. The van der Waals surface area contributed by atoms with Crippen molar-refractivity contribution in [2.45, 2.75) is 13.8 Å². The summed E-state index contributed by atoms with van der Waals surface area (Å²) >= 11 is 0. The molecule has 31 heavy (non-hydrogen) atoms. The van der Waals surface area contributed by atoms with Gasteiger partial charge >= 0.3 is 0 Å². The van der Waals surface area contributed by atoms with E-state index in [1.807, 2.05) is 43.0 Å². The summed E-state index contributed by atoms with van der Waals surface area (Å²) in [5.41, 5.74) is 2.09. The molecular weight excluding hydrogens is 392 g/mol. The number of likely N-dealkylation sites (N-methyl/N-ethyl adjacent to an activating group) is 1. The average Bonchev–Trinajstić information content (AvgIpc) is 2.78. The van der Waals surface area contributed by atoms with Crippen molar-refractivity contribution < 1.29 is 9.53 Å². The van der Waals surface area contributed by atoms with Crippen molar-refractivity contribution in [3.63, 3.8) is 0 Å². The molecule has 166 valence electrons. The van der Waals surface area contributed by atoms with Gasteiger partial charge in [0, 0.05) is 64.1 Å². The van der Waals surface area contributed by atoms with Gasteiger partial charge in [-0.05, 0) is 38.6 Å². The Hall–Kier alpha value is -2.87. The summed E-state index contributed by atoms with van der Waals surface area (Å²) in [4.78, 5) is 30.8. The average molecular weight is 425 g/mol. The third-order valence-electron chi connectivity index (χ3n) is 5.92. The molecule has 0 saturated carbocycles. The number of carbonyl (C=O) groups is 1. The predicted octanol–water partition coefficient (Wildman–Crippen LogP) is 1.57. The maximum absolute atomic E-state index is 12.6. The summed E-state index contributed by atoms with van der Waals surface area (Å²) in [5, 5.41) is 0. The maximum atomic E-state index is 12.6. The van der Waals surface area contributed by atoms with Crippen molar-refractivity contribution in [1.29, 1.82) is 0 Å². The van der Waals surface area contributed by atoms with Gasteiger partial charge in [0.1, 0.15) is 11.6 Å². The van der Waals surface area contributed by atoms with Crippen LogP contribution in [0.3, 0.4) is 0 Å². The van der Waals surface area contributed by atoms with E-state index in [-0.39, 0.29) is 12.5 Å². The molecular formula is C23H32N6O2. The Morgan fingerprint density at radius 2 is 1.65 bits per heavy atom. The molecule has 4 rings (SSSR count). The topological polar surface area (TPSA) is 65.0 Å². The Labute approximate surface area is 184 Å². The minimum atomic E-state index is 0.0180. The molecule has 0 bridgehead atoms. The second kappa shape index (κ2) is 9.51. The number of ether oxygens (including phenoxy) is 1. The van der Waals surface area contributed by atoms with E-state index in [2.05, 4.69) is 32.8 Å². The minimum Gasteiger partial charge on any atom is -0.484 e. The molecule has 3 heterocycles. The molecule has 8 nitrogen and oxygen atoms in total. The lowest BCUT2D eigenvalue weighted by Gasteiger charge is -2.36. The van der Waals surface area contributed by atoms with Crippen LogP contribution in [0.25, 0.3) is 0 Å². The van der Waals surface area contributed by atoms with Gasteiger partial charge in [-0.15, -0.1) is 0 Å². The lowest BCUT2D eigenvalue weighted by atomic mass is 10.2. The molecule has 0 spiro atoms. The van der Waals surface area contributed by atoms with E-state index in [0.717, 1.165) is 68.0 Å². The van der Waals surface area contributed by atoms with E-state index in [4.69, 9.17) is 9.72 Å². The summed E-state index contributed by atoms with van der Waals surface area (Å²) in [5.74, 6) is 2.51. The van der Waals surface area contributed by atoms with Crippen LogP contribution in [-0.2, 0) is 4.79 Å². The van der Waals surface area contributed by atoms with E-state index in [0.29, 0.717) is 13.1 Å². The van der Waals surface area contributed by atoms with Gasteiger partial charge in [0.2, 0.25) is 5.95 Å². The third-order valence-corrected chi connectivity index (χ3v) is 5.92. The Balaban J connectivity index is 1.32. The number of carbonyl (C=O) groups excluding carboxylic acids is 1. The number of aromatic nitrogens is 2. The highest BCUT2D eigenvalue weighted by Gasteiger charge is 2.24. The minimum absolute atomic E-state index is 0.0180. The summed E-state index contributed by atoms with van der Waals surface area (Å²) in [7, 11) is 2.15. The van der Waals surface area contributed by atoms with Crippen LogP contribution in [0.15, 0.2) is 30.3 Å². The number of hydrogen-bond acceptors (Lipinski definition) is 7. The smallest absolute Gasteiger partial charge is 0.260 e. The molecule has 1 amide bonds. The molecule has 2 aromatic rings. The Kier molecular flexibility index (Phi) is 6.56. The van der Waals surface area contributed by atoms with Crippen molar-refractivity contribution in [3.8, 4) is 5.75 Å². The molecule has 2 fully saturated rings.